The summed E-state index contributed by atoms with van der Waals surface area (Å²) < 4.78 is 4.89. The van der Waals surface area contributed by atoms with Gasteiger partial charge in [0.2, 0.25) is 5.91 Å². The fraction of sp³-hybridized carbons (Fsp3) is 0.412. The van der Waals surface area contributed by atoms with Crippen molar-refractivity contribution in [2.45, 2.75) is 26.2 Å². The van der Waals surface area contributed by atoms with Crippen LogP contribution in [0.15, 0.2) is 24.3 Å². The molecule has 0 saturated heterocycles. The van der Waals surface area contributed by atoms with E-state index in [1.807, 2.05) is 6.92 Å². The first-order valence-corrected chi connectivity index (χ1v) is 8.63. The summed E-state index contributed by atoms with van der Waals surface area (Å²) in [5.41, 5.74) is 0.733. The number of nitrogens with one attached hydrogen (secondary N) is 3. The summed E-state index contributed by atoms with van der Waals surface area (Å²) in [6, 6.07) is 6.61. The second-order valence-electron chi connectivity index (χ2n) is 5.25. The van der Waals surface area contributed by atoms with Crippen LogP contribution in [0.4, 0.5) is 5.69 Å². The molecular weight excluding hydrogens is 358 g/mol. The highest BCUT2D eigenvalue weighted by atomic mass is 32.1. The summed E-state index contributed by atoms with van der Waals surface area (Å²) in [4.78, 5) is 35.3. The molecule has 0 aliphatic heterocycles. The van der Waals surface area contributed by atoms with Gasteiger partial charge in [0.15, 0.2) is 5.11 Å². The molecule has 4 N–H and O–H groups in total. The van der Waals surface area contributed by atoms with Gasteiger partial charge in [0.25, 0.3) is 5.91 Å². The van der Waals surface area contributed by atoms with Crippen LogP contribution in [0.5, 0.6) is 0 Å². The number of aliphatic hydroxyl groups is 1. The van der Waals surface area contributed by atoms with Gasteiger partial charge >= 0.3 is 5.97 Å². The van der Waals surface area contributed by atoms with Crippen LogP contribution in [0.25, 0.3) is 0 Å². The minimum atomic E-state index is -0.438. The SMILES string of the molecule is CCCOC(=O)CCC(=O)NC(=S)Nc1ccccc1C(=O)NCCO. The first-order chi connectivity index (χ1) is 12.5. The highest BCUT2D eigenvalue weighted by Crippen LogP contribution is 2.14. The van der Waals surface area contributed by atoms with Gasteiger partial charge in [-0.25, -0.2) is 0 Å². The Labute approximate surface area is 157 Å². The molecule has 0 spiro atoms. The van der Waals surface area contributed by atoms with Crippen LogP contribution in [0.1, 0.15) is 36.5 Å². The third kappa shape index (κ3) is 8.04. The summed E-state index contributed by atoms with van der Waals surface area (Å²) in [5.74, 6) is -1.25. The quantitative estimate of drug-likeness (QED) is 0.372. The molecule has 0 fully saturated rings. The fourth-order valence-corrected chi connectivity index (χ4v) is 2.12. The number of hydrogen-bond donors (Lipinski definition) is 4. The van der Waals surface area contributed by atoms with Gasteiger partial charge in [-0.2, -0.15) is 0 Å². The van der Waals surface area contributed by atoms with Crippen LogP contribution in [0.3, 0.4) is 0 Å². The van der Waals surface area contributed by atoms with Crippen molar-refractivity contribution in [1.29, 1.82) is 0 Å². The van der Waals surface area contributed by atoms with E-state index in [-0.39, 0.29) is 37.0 Å². The maximum Gasteiger partial charge on any atom is 0.306 e. The lowest BCUT2D eigenvalue weighted by molar-refractivity contribution is -0.144. The molecule has 142 valence electrons. The third-order valence-corrected chi connectivity index (χ3v) is 3.30. The predicted octanol–water partition coefficient (Wildman–Crippen LogP) is 0.955. The van der Waals surface area contributed by atoms with Gasteiger partial charge < -0.3 is 25.8 Å². The van der Waals surface area contributed by atoms with E-state index in [2.05, 4.69) is 16.0 Å². The van der Waals surface area contributed by atoms with E-state index in [0.717, 1.165) is 6.42 Å². The van der Waals surface area contributed by atoms with E-state index in [4.69, 9.17) is 22.1 Å². The largest absolute Gasteiger partial charge is 0.466 e. The Bertz CT molecular complexity index is 651. The Morgan fingerprint density at radius 3 is 2.62 bits per heavy atom. The summed E-state index contributed by atoms with van der Waals surface area (Å²) in [6.07, 6.45) is 0.634. The molecule has 0 heterocycles. The zero-order chi connectivity index (χ0) is 19.4. The van der Waals surface area contributed by atoms with Gasteiger partial charge in [-0.15, -0.1) is 0 Å². The lowest BCUT2D eigenvalue weighted by atomic mass is 10.1. The molecule has 26 heavy (non-hydrogen) atoms. The Morgan fingerprint density at radius 1 is 1.19 bits per heavy atom. The number of carbonyl (C=O) groups excluding carboxylic acids is 3. The molecule has 1 aromatic rings. The maximum atomic E-state index is 12.0. The van der Waals surface area contributed by atoms with E-state index in [9.17, 15) is 14.4 Å². The predicted molar refractivity (Wildman–Crippen MR) is 101 cm³/mol. The molecule has 0 radical (unpaired) electrons. The van der Waals surface area contributed by atoms with Crippen molar-refractivity contribution >= 4 is 40.8 Å². The summed E-state index contributed by atoms with van der Waals surface area (Å²) in [7, 11) is 0. The number of carbonyl (C=O) groups is 3. The first-order valence-electron chi connectivity index (χ1n) is 8.22. The van der Waals surface area contributed by atoms with E-state index in [1.54, 1.807) is 24.3 Å². The van der Waals surface area contributed by atoms with Crippen molar-refractivity contribution in [2.75, 3.05) is 25.1 Å². The van der Waals surface area contributed by atoms with Gasteiger partial charge in [0.1, 0.15) is 0 Å². The normalized spacial score (nSPS) is 9.92. The number of esters is 1. The average molecular weight is 381 g/mol. The lowest BCUT2D eigenvalue weighted by Crippen LogP contribution is -2.35. The molecule has 8 nitrogen and oxygen atoms in total. The van der Waals surface area contributed by atoms with Gasteiger partial charge in [-0.1, -0.05) is 19.1 Å². The van der Waals surface area contributed by atoms with E-state index in [1.165, 1.54) is 0 Å². The van der Waals surface area contributed by atoms with E-state index < -0.39 is 11.9 Å². The number of hydrogen-bond acceptors (Lipinski definition) is 6. The van der Waals surface area contributed by atoms with Crippen molar-refractivity contribution < 1.29 is 24.2 Å². The van der Waals surface area contributed by atoms with Crippen molar-refractivity contribution in [3.63, 3.8) is 0 Å². The number of para-hydroxylation sites is 1. The fourth-order valence-electron chi connectivity index (χ4n) is 1.90. The molecular formula is C17H23N3O5S. The molecule has 0 aromatic heterocycles. The van der Waals surface area contributed by atoms with Crippen LogP contribution in [-0.2, 0) is 14.3 Å². The molecule has 0 unspecified atom stereocenters. The Kier molecular flexibility index (Phi) is 9.88. The van der Waals surface area contributed by atoms with Crippen molar-refractivity contribution in [1.82, 2.24) is 10.6 Å². The number of amides is 2. The molecule has 1 rings (SSSR count). The Morgan fingerprint density at radius 2 is 1.92 bits per heavy atom. The van der Waals surface area contributed by atoms with Crippen LogP contribution in [0.2, 0.25) is 0 Å². The second-order valence-corrected chi connectivity index (χ2v) is 5.66. The van der Waals surface area contributed by atoms with Crippen LogP contribution in [-0.4, -0.2) is 47.8 Å². The zero-order valence-electron chi connectivity index (χ0n) is 14.5. The average Bonchev–Trinajstić information content (AvgIpc) is 2.63. The molecule has 0 bridgehead atoms. The van der Waals surface area contributed by atoms with Crippen LogP contribution in [0, 0.1) is 0 Å². The number of benzene rings is 1. The van der Waals surface area contributed by atoms with Crippen LogP contribution < -0.4 is 16.0 Å². The molecule has 0 aliphatic rings. The Balaban J connectivity index is 2.53. The standard InChI is InChI=1S/C17H23N3O5S/c1-2-11-25-15(23)8-7-14(22)20-17(26)19-13-6-4-3-5-12(13)16(24)18-9-10-21/h3-6,21H,2,7-11H2,1H3,(H,18,24)(H2,19,20,22,26). The Hall–Kier alpha value is -2.52. The van der Waals surface area contributed by atoms with Gasteiger partial charge in [-0.3, -0.25) is 14.4 Å². The number of aliphatic hydroxyl groups excluding tert-OH is 1. The van der Waals surface area contributed by atoms with Gasteiger partial charge in [0, 0.05) is 13.0 Å². The van der Waals surface area contributed by atoms with Crippen molar-refractivity contribution in [3.05, 3.63) is 29.8 Å². The van der Waals surface area contributed by atoms with Gasteiger partial charge in [0.05, 0.1) is 30.9 Å². The summed E-state index contributed by atoms with van der Waals surface area (Å²) in [6.45, 7) is 2.17. The molecule has 2 amide bonds. The molecule has 9 heteroatoms. The summed E-state index contributed by atoms with van der Waals surface area (Å²) >= 11 is 5.06. The minimum absolute atomic E-state index is 0.0133. The second kappa shape index (κ2) is 11.9. The van der Waals surface area contributed by atoms with E-state index in [0.29, 0.717) is 17.9 Å². The summed E-state index contributed by atoms with van der Waals surface area (Å²) in [5, 5.41) is 16.6. The maximum absolute atomic E-state index is 12.0. The van der Waals surface area contributed by atoms with Gasteiger partial charge in [-0.05, 0) is 30.8 Å². The lowest BCUT2D eigenvalue weighted by Gasteiger charge is -2.13. The minimum Gasteiger partial charge on any atom is -0.466 e. The van der Waals surface area contributed by atoms with E-state index >= 15 is 0 Å². The molecule has 0 saturated carbocycles. The number of anilines is 1. The molecule has 0 atom stereocenters. The molecule has 0 aliphatic carbocycles. The monoisotopic (exact) mass is 381 g/mol. The molecule has 1 aromatic carbocycles. The first kappa shape index (κ1) is 21.5. The highest BCUT2D eigenvalue weighted by molar-refractivity contribution is 7.80. The smallest absolute Gasteiger partial charge is 0.306 e. The van der Waals surface area contributed by atoms with Crippen LogP contribution >= 0.6 is 12.2 Å². The zero-order valence-corrected chi connectivity index (χ0v) is 15.4. The third-order valence-electron chi connectivity index (χ3n) is 3.09. The van der Waals surface area contributed by atoms with Crippen molar-refractivity contribution in [2.24, 2.45) is 0 Å². The number of thiocarbonyl (C=S) groups is 1. The number of ether oxygens (including phenoxy) is 1. The topological polar surface area (TPSA) is 117 Å². The highest BCUT2D eigenvalue weighted by Gasteiger charge is 2.13. The number of rotatable bonds is 9. The van der Waals surface area contributed by atoms with Crippen molar-refractivity contribution in [3.8, 4) is 0 Å².